The van der Waals surface area contributed by atoms with Gasteiger partial charge in [-0.15, -0.1) is 23.1 Å². The van der Waals surface area contributed by atoms with Crippen molar-refractivity contribution >= 4 is 46.4 Å². The fourth-order valence-corrected chi connectivity index (χ4v) is 4.76. The number of carbonyl (C=O) groups excluding carboxylic acids is 1. The summed E-state index contributed by atoms with van der Waals surface area (Å²) in [7, 11) is 0. The van der Waals surface area contributed by atoms with Gasteiger partial charge in [-0.1, -0.05) is 18.2 Å². The topological polar surface area (TPSA) is 65.2 Å². The first-order chi connectivity index (χ1) is 13.3. The number of hydrogen-bond acceptors (Lipinski definition) is 6. The van der Waals surface area contributed by atoms with Gasteiger partial charge in [0, 0.05) is 5.56 Å². The number of benzene rings is 1. The Morgan fingerprint density at radius 3 is 2.86 bits per heavy atom. The van der Waals surface area contributed by atoms with E-state index in [0.29, 0.717) is 11.3 Å². The van der Waals surface area contributed by atoms with Crippen LogP contribution in [0.25, 0.3) is 6.08 Å². The van der Waals surface area contributed by atoms with Gasteiger partial charge in [-0.2, -0.15) is 23.5 Å². The Balaban J connectivity index is 1.89. The number of nitrogens with zero attached hydrogens (tertiary/aromatic N) is 2. The highest BCUT2D eigenvalue weighted by Gasteiger charge is 2.30. The maximum atomic E-state index is 12.8. The standard InChI is InChI=1S/C19H14F3N3OS2/c1-27-18-14-8-3-2-7-13(14)17(28-18)16(26)15(10-23)25-24-12-6-4-5-11(9-12)19(20,21)22/h3-6,8-9,24H,2,7H2,1H3/b25-15+. The number of ketones is 1. The smallest absolute Gasteiger partial charge is 0.285 e. The number of allylic oxidation sites excluding steroid dienone is 1. The van der Waals surface area contributed by atoms with Crippen LogP contribution in [0.1, 0.15) is 32.8 Å². The lowest BCUT2D eigenvalue weighted by Crippen LogP contribution is -2.15. The summed E-state index contributed by atoms with van der Waals surface area (Å²) in [5.74, 6) is -0.529. The second kappa shape index (κ2) is 8.20. The number of hydrogen-bond donors (Lipinski definition) is 1. The van der Waals surface area contributed by atoms with E-state index in [-0.39, 0.29) is 5.69 Å². The molecule has 4 nitrogen and oxygen atoms in total. The van der Waals surface area contributed by atoms with E-state index >= 15 is 0 Å². The van der Waals surface area contributed by atoms with Gasteiger partial charge in [0.05, 0.1) is 20.3 Å². The summed E-state index contributed by atoms with van der Waals surface area (Å²) in [4.78, 5) is 13.3. The molecule has 0 fully saturated rings. The second-order valence-electron chi connectivity index (χ2n) is 5.85. The number of rotatable bonds is 5. The lowest BCUT2D eigenvalue weighted by Gasteiger charge is -2.09. The van der Waals surface area contributed by atoms with Crippen molar-refractivity contribution in [3.05, 3.63) is 51.9 Å². The molecule has 3 rings (SSSR count). The number of hydrazone groups is 1. The molecule has 1 N–H and O–H groups in total. The molecule has 0 saturated carbocycles. The molecule has 0 unspecified atom stereocenters. The maximum Gasteiger partial charge on any atom is 0.416 e. The minimum Gasteiger partial charge on any atom is -0.285 e. The molecule has 144 valence electrons. The van der Waals surface area contributed by atoms with E-state index in [1.54, 1.807) is 6.07 Å². The van der Waals surface area contributed by atoms with Crippen LogP contribution in [0.2, 0.25) is 0 Å². The normalized spacial score (nSPS) is 13.8. The van der Waals surface area contributed by atoms with Crippen LogP contribution in [0.5, 0.6) is 0 Å². The van der Waals surface area contributed by atoms with Crippen molar-refractivity contribution in [1.82, 2.24) is 0 Å². The van der Waals surface area contributed by atoms with E-state index in [1.165, 1.54) is 35.2 Å². The number of nitriles is 1. The average Bonchev–Trinajstić information content (AvgIpc) is 3.07. The predicted molar refractivity (Wildman–Crippen MR) is 106 cm³/mol. The third-order valence-corrected chi connectivity index (χ3v) is 6.44. The first-order valence-electron chi connectivity index (χ1n) is 8.17. The van der Waals surface area contributed by atoms with Crippen LogP contribution in [-0.4, -0.2) is 17.8 Å². The van der Waals surface area contributed by atoms with Gasteiger partial charge < -0.3 is 0 Å². The van der Waals surface area contributed by atoms with Gasteiger partial charge in [0.2, 0.25) is 11.5 Å². The van der Waals surface area contributed by atoms with Gasteiger partial charge in [-0.05, 0) is 42.9 Å². The summed E-state index contributed by atoms with van der Waals surface area (Å²) < 4.78 is 39.4. The summed E-state index contributed by atoms with van der Waals surface area (Å²) in [5, 5.41) is 13.1. The summed E-state index contributed by atoms with van der Waals surface area (Å²) >= 11 is 2.83. The number of alkyl halides is 3. The molecule has 0 aliphatic heterocycles. The minimum atomic E-state index is -4.49. The molecule has 0 spiro atoms. The number of Topliss-reactive ketones (excluding diaryl/α,β-unsaturated/α-hetero) is 1. The molecule has 2 aromatic rings. The molecule has 1 heterocycles. The fourth-order valence-electron chi connectivity index (χ4n) is 2.76. The van der Waals surface area contributed by atoms with Crippen molar-refractivity contribution < 1.29 is 18.0 Å². The van der Waals surface area contributed by atoms with Gasteiger partial charge in [0.25, 0.3) is 0 Å². The van der Waals surface area contributed by atoms with E-state index < -0.39 is 23.2 Å². The number of carbonyl (C=O) groups is 1. The molecule has 28 heavy (non-hydrogen) atoms. The molecule has 0 saturated heterocycles. The van der Waals surface area contributed by atoms with Crippen LogP contribution < -0.4 is 5.43 Å². The first-order valence-corrected chi connectivity index (χ1v) is 10.2. The van der Waals surface area contributed by atoms with Crippen LogP contribution in [0.3, 0.4) is 0 Å². The van der Waals surface area contributed by atoms with Crippen molar-refractivity contribution in [2.24, 2.45) is 5.10 Å². The Labute approximate surface area is 167 Å². The van der Waals surface area contributed by atoms with Gasteiger partial charge in [0.1, 0.15) is 6.07 Å². The van der Waals surface area contributed by atoms with Crippen molar-refractivity contribution in [2.75, 3.05) is 11.7 Å². The van der Waals surface area contributed by atoms with Crippen LogP contribution in [0.4, 0.5) is 18.9 Å². The van der Waals surface area contributed by atoms with Crippen LogP contribution >= 0.6 is 23.1 Å². The van der Waals surface area contributed by atoms with Crippen molar-refractivity contribution in [1.29, 1.82) is 5.26 Å². The number of anilines is 1. The number of thiophene rings is 1. The van der Waals surface area contributed by atoms with Gasteiger partial charge in [-0.3, -0.25) is 10.2 Å². The fraction of sp³-hybridized carbons (Fsp3) is 0.211. The summed E-state index contributed by atoms with van der Waals surface area (Å²) in [5.41, 5.74) is 3.07. The Hall–Kier alpha value is -2.57. The Kier molecular flexibility index (Phi) is 5.91. The van der Waals surface area contributed by atoms with Crippen molar-refractivity contribution in [3.63, 3.8) is 0 Å². The highest BCUT2D eigenvalue weighted by Crippen LogP contribution is 2.39. The van der Waals surface area contributed by atoms with Crippen molar-refractivity contribution in [3.8, 4) is 6.07 Å². The summed E-state index contributed by atoms with van der Waals surface area (Å²) in [6.07, 6.45) is 2.94. The van der Waals surface area contributed by atoms with E-state index in [4.69, 9.17) is 0 Å². The molecule has 1 aliphatic rings. The molecule has 0 amide bonds. The Bertz CT molecular complexity index is 1020. The monoisotopic (exact) mass is 421 g/mol. The number of fused-ring (bicyclic) bond motifs is 1. The van der Waals surface area contributed by atoms with Crippen LogP contribution in [0, 0.1) is 11.3 Å². The second-order valence-corrected chi connectivity index (χ2v) is 7.94. The van der Waals surface area contributed by atoms with E-state index in [1.807, 2.05) is 18.4 Å². The van der Waals surface area contributed by atoms with Gasteiger partial charge in [0.15, 0.2) is 0 Å². The third kappa shape index (κ3) is 4.13. The van der Waals surface area contributed by atoms with E-state index in [0.717, 1.165) is 33.9 Å². The SMILES string of the molecule is CSc1sc(C(=O)/C(C#N)=N/Nc2cccc(C(F)(F)F)c2)c2c1C=CCC2. The highest BCUT2D eigenvalue weighted by molar-refractivity contribution is 8.00. The third-order valence-electron chi connectivity index (χ3n) is 4.06. The summed E-state index contributed by atoms with van der Waals surface area (Å²) in [6, 6.07) is 6.15. The quantitative estimate of drug-likeness (QED) is 0.294. The minimum absolute atomic E-state index is 0.0383. The zero-order valence-corrected chi connectivity index (χ0v) is 16.3. The molecule has 0 bridgehead atoms. The Morgan fingerprint density at radius 1 is 1.39 bits per heavy atom. The van der Waals surface area contributed by atoms with E-state index in [2.05, 4.69) is 10.5 Å². The van der Waals surface area contributed by atoms with E-state index in [9.17, 15) is 23.2 Å². The van der Waals surface area contributed by atoms with Crippen LogP contribution in [-0.2, 0) is 12.6 Å². The first kappa shape index (κ1) is 20.2. The predicted octanol–water partition coefficient (Wildman–Crippen LogP) is 5.62. The average molecular weight is 421 g/mol. The van der Waals surface area contributed by atoms with Gasteiger partial charge in [-0.25, -0.2) is 0 Å². The van der Waals surface area contributed by atoms with Crippen molar-refractivity contribution in [2.45, 2.75) is 23.2 Å². The summed E-state index contributed by atoms with van der Waals surface area (Å²) in [6.45, 7) is 0. The Morgan fingerprint density at radius 2 is 2.18 bits per heavy atom. The molecular weight excluding hydrogens is 407 g/mol. The lowest BCUT2D eigenvalue weighted by molar-refractivity contribution is -0.137. The van der Waals surface area contributed by atoms with Crippen LogP contribution in [0.15, 0.2) is 39.7 Å². The van der Waals surface area contributed by atoms with Gasteiger partial charge >= 0.3 is 6.18 Å². The number of thioether (sulfide) groups is 1. The molecular formula is C19H14F3N3OS2. The molecule has 9 heteroatoms. The highest BCUT2D eigenvalue weighted by atomic mass is 32.2. The molecule has 1 aliphatic carbocycles. The number of halogens is 3. The zero-order chi connectivity index (χ0) is 20.3. The molecule has 1 aromatic heterocycles. The zero-order valence-electron chi connectivity index (χ0n) is 14.6. The largest absolute Gasteiger partial charge is 0.416 e. The molecule has 0 radical (unpaired) electrons. The maximum absolute atomic E-state index is 12.8. The lowest BCUT2D eigenvalue weighted by atomic mass is 9.98. The number of nitrogens with one attached hydrogen (secondary N) is 1. The molecule has 0 atom stereocenters. The molecule has 1 aromatic carbocycles.